The molecule has 1 saturated heterocycles. The second-order valence-corrected chi connectivity index (χ2v) is 5.16. The van der Waals surface area contributed by atoms with E-state index in [0.717, 1.165) is 25.0 Å². The molecule has 2 rings (SSSR count). The molecule has 2 atom stereocenters. The Balaban J connectivity index is 2.09. The van der Waals surface area contributed by atoms with E-state index in [0.29, 0.717) is 6.61 Å². The molecule has 1 heterocycles. The zero-order valence-corrected chi connectivity index (χ0v) is 12.6. The highest BCUT2D eigenvalue weighted by Crippen LogP contribution is 2.24. The molecule has 0 radical (unpaired) electrons. The van der Waals surface area contributed by atoms with Gasteiger partial charge in [0.1, 0.15) is 0 Å². The average Bonchev–Trinajstić information content (AvgIpc) is 3.05. The van der Waals surface area contributed by atoms with Crippen LogP contribution in [-0.2, 0) is 24.5 Å². The Morgan fingerprint density at radius 2 is 2.19 bits per heavy atom. The first-order chi connectivity index (χ1) is 10.2. The van der Waals surface area contributed by atoms with Crippen molar-refractivity contribution in [1.29, 1.82) is 0 Å². The molecule has 0 saturated carbocycles. The number of nitrogens with one attached hydrogen (secondary N) is 1. The molecule has 0 aliphatic carbocycles. The number of benzene rings is 1. The Kier molecular flexibility index (Phi) is 5.73. The third kappa shape index (κ3) is 3.61. The van der Waals surface area contributed by atoms with Gasteiger partial charge in [0.15, 0.2) is 5.54 Å². The van der Waals surface area contributed by atoms with Crippen molar-refractivity contribution in [3.8, 4) is 0 Å². The van der Waals surface area contributed by atoms with Gasteiger partial charge in [-0.15, -0.1) is 0 Å². The minimum Gasteiger partial charge on any atom is -0.467 e. The standard InChI is InChI=1S/C16H23NO4/c1-17-16(15(18)19-2,13-7-4-3-5-8-13)12-20-11-14-9-6-10-21-14/h3-5,7-8,14,17H,6,9-12H2,1-2H3. The van der Waals surface area contributed by atoms with E-state index in [4.69, 9.17) is 14.2 Å². The average molecular weight is 293 g/mol. The molecule has 0 amide bonds. The van der Waals surface area contributed by atoms with Crippen molar-refractivity contribution in [3.63, 3.8) is 0 Å². The van der Waals surface area contributed by atoms with Crippen LogP contribution in [0.3, 0.4) is 0 Å². The fourth-order valence-corrected chi connectivity index (χ4v) is 2.59. The molecule has 1 fully saturated rings. The normalized spacial score (nSPS) is 21.0. The van der Waals surface area contributed by atoms with Gasteiger partial charge in [-0.1, -0.05) is 30.3 Å². The summed E-state index contributed by atoms with van der Waals surface area (Å²) >= 11 is 0. The van der Waals surface area contributed by atoms with Crippen molar-refractivity contribution >= 4 is 5.97 Å². The molecule has 1 aliphatic heterocycles. The van der Waals surface area contributed by atoms with E-state index in [-0.39, 0.29) is 18.7 Å². The number of esters is 1. The van der Waals surface area contributed by atoms with Crippen LogP contribution in [0.4, 0.5) is 0 Å². The molecule has 1 aliphatic rings. The molecule has 1 aromatic carbocycles. The quantitative estimate of drug-likeness (QED) is 0.772. The molecule has 2 unspecified atom stereocenters. The van der Waals surface area contributed by atoms with Crippen LogP contribution >= 0.6 is 0 Å². The first-order valence-electron chi connectivity index (χ1n) is 7.25. The predicted molar refractivity (Wildman–Crippen MR) is 79.0 cm³/mol. The highest BCUT2D eigenvalue weighted by atomic mass is 16.5. The lowest BCUT2D eigenvalue weighted by atomic mass is 9.91. The lowest BCUT2D eigenvalue weighted by Crippen LogP contribution is -2.52. The summed E-state index contributed by atoms with van der Waals surface area (Å²) in [5, 5.41) is 3.07. The number of carbonyl (C=O) groups is 1. The van der Waals surface area contributed by atoms with Gasteiger partial charge in [0.25, 0.3) is 0 Å². The van der Waals surface area contributed by atoms with Gasteiger partial charge in [-0.3, -0.25) is 5.32 Å². The Morgan fingerprint density at radius 1 is 1.43 bits per heavy atom. The summed E-state index contributed by atoms with van der Waals surface area (Å²) in [4.78, 5) is 12.3. The number of hydrogen-bond donors (Lipinski definition) is 1. The van der Waals surface area contributed by atoms with Crippen molar-refractivity contribution in [2.75, 3.05) is 34.0 Å². The van der Waals surface area contributed by atoms with Gasteiger partial charge in [-0.2, -0.15) is 0 Å². The van der Waals surface area contributed by atoms with E-state index < -0.39 is 5.54 Å². The summed E-state index contributed by atoms with van der Waals surface area (Å²) in [5.41, 5.74) is -0.166. The minimum atomic E-state index is -0.991. The largest absolute Gasteiger partial charge is 0.467 e. The molecule has 5 nitrogen and oxygen atoms in total. The zero-order valence-electron chi connectivity index (χ0n) is 12.6. The van der Waals surface area contributed by atoms with Crippen LogP contribution in [-0.4, -0.2) is 46.1 Å². The first-order valence-corrected chi connectivity index (χ1v) is 7.25. The highest BCUT2D eigenvalue weighted by molar-refractivity contribution is 5.82. The Morgan fingerprint density at radius 3 is 2.76 bits per heavy atom. The molecule has 0 spiro atoms. The summed E-state index contributed by atoms with van der Waals surface area (Å²) in [6.45, 7) is 1.49. The van der Waals surface area contributed by atoms with Crippen molar-refractivity contribution in [3.05, 3.63) is 35.9 Å². The van der Waals surface area contributed by atoms with Gasteiger partial charge in [-0.05, 0) is 25.5 Å². The van der Waals surface area contributed by atoms with E-state index in [1.807, 2.05) is 30.3 Å². The van der Waals surface area contributed by atoms with Gasteiger partial charge in [-0.25, -0.2) is 4.79 Å². The number of carbonyl (C=O) groups excluding carboxylic acids is 1. The topological polar surface area (TPSA) is 56.8 Å². The smallest absolute Gasteiger partial charge is 0.333 e. The summed E-state index contributed by atoms with van der Waals surface area (Å²) in [6, 6.07) is 9.48. The maximum Gasteiger partial charge on any atom is 0.333 e. The van der Waals surface area contributed by atoms with Crippen LogP contribution < -0.4 is 5.32 Å². The van der Waals surface area contributed by atoms with E-state index in [2.05, 4.69) is 5.32 Å². The van der Waals surface area contributed by atoms with E-state index in [1.165, 1.54) is 7.11 Å². The Bertz CT molecular complexity index is 445. The minimum absolute atomic E-state index is 0.132. The fourth-order valence-electron chi connectivity index (χ4n) is 2.59. The third-order valence-electron chi connectivity index (χ3n) is 3.87. The first kappa shape index (κ1) is 15.9. The van der Waals surface area contributed by atoms with Gasteiger partial charge in [0.05, 0.1) is 26.4 Å². The van der Waals surface area contributed by atoms with E-state index >= 15 is 0 Å². The van der Waals surface area contributed by atoms with Gasteiger partial charge < -0.3 is 14.2 Å². The lowest BCUT2D eigenvalue weighted by molar-refractivity contribution is -0.152. The van der Waals surface area contributed by atoms with Crippen molar-refractivity contribution in [2.45, 2.75) is 24.5 Å². The van der Waals surface area contributed by atoms with Gasteiger partial charge in [0, 0.05) is 6.61 Å². The lowest BCUT2D eigenvalue weighted by Gasteiger charge is -2.31. The Hall–Kier alpha value is -1.43. The number of ether oxygens (including phenoxy) is 3. The SMILES string of the molecule is CNC(COCC1CCCO1)(C(=O)OC)c1ccccc1. The van der Waals surface area contributed by atoms with Crippen LogP contribution in [0, 0.1) is 0 Å². The maximum atomic E-state index is 12.3. The summed E-state index contributed by atoms with van der Waals surface area (Å²) in [6.07, 6.45) is 2.21. The third-order valence-corrected chi connectivity index (χ3v) is 3.87. The van der Waals surface area contributed by atoms with Crippen LogP contribution in [0.5, 0.6) is 0 Å². The molecule has 5 heteroatoms. The zero-order chi connectivity index (χ0) is 15.1. The summed E-state index contributed by atoms with van der Waals surface area (Å²) in [5.74, 6) is -0.358. The van der Waals surface area contributed by atoms with Crippen LogP contribution in [0.25, 0.3) is 0 Å². The van der Waals surface area contributed by atoms with Gasteiger partial charge >= 0.3 is 5.97 Å². The molecule has 0 aromatic heterocycles. The second-order valence-electron chi connectivity index (χ2n) is 5.16. The molecule has 21 heavy (non-hydrogen) atoms. The van der Waals surface area contributed by atoms with Crippen molar-refractivity contribution < 1.29 is 19.0 Å². The maximum absolute atomic E-state index is 12.3. The molecule has 1 N–H and O–H groups in total. The second kappa shape index (κ2) is 7.54. The molecular formula is C16H23NO4. The number of likely N-dealkylation sites (N-methyl/N-ethyl adjacent to an activating group) is 1. The van der Waals surface area contributed by atoms with Crippen molar-refractivity contribution in [2.24, 2.45) is 0 Å². The monoisotopic (exact) mass is 293 g/mol. The molecule has 116 valence electrons. The van der Waals surface area contributed by atoms with Gasteiger partial charge in [0.2, 0.25) is 0 Å². The van der Waals surface area contributed by atoms with E-state index in [9.17, 15) is 4.79 Å². The highest BCUT2D eigenvalue weighted by Gasteiger charge is 2.40. The number of hydrogen-bond acceptors (Lipinski definition) is 5. The summed E-state index contributed by atoms with van der Waals surface area (Å²) in [7, 11) is 3.12. The molecule has 1 aromatic rings. The predicted octanol–water partition coefficient (Wildman–Crippen LogP) is 1.47. The van der Waals surface area contributed by atoms with E-state index in [1.54, 1.807) is 7.05 Å². The number of methoxy groups -OCH3 is 1. The fraction of sp³-hybridized carbons (Fsp3) is 0.562. The van der Waals surface area contributed by atoms with Crippen LogP contribution in [0.2, 0.25) is 0 Å². The molecular weight excluding hydrogens is 270 g/mol. The molecule has 0 bridgehead atoms. The van der Waals surface area contributed by atoms with Crippen LogP contribution in [0.15, 0.2) is 30.3 Å². The summed E-state index contributed by atoms with van der Waals surface area (Å²) < 4.78 is 16.3. The Labute approximate surface area is 125 Å². The number of rotatable bonds is 7. The van der Waals surface area contributed by atoms with Crippen LogP contribution in [0.1, 0.15) is 18.4 Å². The van der Waals surface area contributed by atoms with Crippen molar-refractivity contribution in [1.82, 2.24) is 5.32 Å².